The van der Waals surface area contributed by atoms with E-state index in [0.29, 0.717) is 6.04 Å². The molecule has 1 unspecified atom stereocenters. The Morgan fingerprint density at radius 3 is 3.05 bits per heavy atom. The maximum atomic E-state index is 5.37. The third-order valence-corrected chi connectivity index (χ3v) is 4.40. The number of hydrogen-bond donors (Lipinski definition) is 1. The molecular formula is C15H18BrN3O. The average Bonchev–Trinajstić information content (AvgIpc) is 2.98. The number of methoxy groups -OCH3 is 1. The number of rotatable bonds is 3. The zero-order valence-corrected chi connectivity index (χ0v) is 13.1. The molecule has 0 radical (unpaired) electrons. The highest BCUT2D eigenvalue weighted by Gasteiger charge is 2.19. The van der Waals surface area contributed by atoms with E-state index in [9.17, 15) is 0 Å². The van der Waals surface area contributed by atoms with E-state index in [1.807, 2.05) is 24.7 Å². The number of ether oxygens (including phenoxy) is 1. The van der Waals surface area contributed by atoms with E-state index in [4.69, 9.17) is 4.74 Å². The van der Waals surface area contributed by atoms with Gasteiger partial charge in [0, 0.05) is 12.1 Å². The van der Waals surface area contributed by atoms with Gasteiger partial charge in [-0.3, -0.25) is 0 Å². The van der Waals surface area contributed by atoms with Crippen LogP contribution in [0.15, 0.2) is 35.2 Å². The fraction of sp³-hybridized carbons (Fsp3) is 0.400. The lowest BCUT2D eigenvalue weighted by molar-refractivity contribution is 0.401. The van der Waals surface area contributed by atoms with Crippen molar-refractivity contribution in [2.45, 2.75) is 25.3 Å². The molecule has 1 aliphatic rings. The first-order chi connectivity index (χ1) is 9.79. The van der Waals surface area contributed by atoms with Crippen molar-refractivity contribution in [3.63, 3.8) is 0 Å². The van der Waals surface area contributed by atoms with Crippen LogP contribution in [0.3, 0.4) is 0 Å². The first-order valence-electron chi connectivity index (χ1n) is 6.89. The molecule has 2 heterocycles. The molecule has 1 atom stereocenters. The summed E-state index contributed by atoms with van der Waals surface area (Å²) in [5.41, 5.74) is 2.29. The number of halogens is 1. The maximum Gasteiger partial charge on any atom is 0.135 e. The molecule has 0 saturated carbocycles. The zero-order chi connectivity index (χ0) is 13.9. The van der Waals surface area contributed by atoms with Crippen LogP contribution in [0.4, 0.5) is 0 Å². The van der Waals surface area contributed by atoms with Gasteiger partial charge in [0.25, 0.3) is 0 Å². The van der Waals surface area contributed by atoms with E-state index in [1.165, 1.54) is 25.0 Å². The molecule has 0 amide bonds. The Bertz CT molecular complexity index is 591. The van der Waals surface area contributed by atoms with Gasteiger partial charge in [0.2, 0.25) is 0 Å². The summed E-state index contributed by atoms with van der Waals surface area (Å²) >= 11 is 3.49. The van der Waals surface area contributed by atoms with Crippen molar-refractivity contribution >= 4 is 15.9 Å². The smallest absolute Gasteiger partial charge is 0.135 e. The van der Waals surface area contributed by atoms with Gasteiger partial charge in [-0.25, -0.2) is 4.98 Å². The predicted molar refractivity (Wildman–Crippen MR) is 82.4 cm³/mol. The molecular weight excluding hydrogens is 318 g/mol. The Morgan fingerprint density at radius 1 is 1.40 bits per heavy atom. The normalized spacial score (nSPS) is 19.0. The number of imidazole rings is 1. The van der Waals surface area contributed by atoms with Gasteiger partial charge in [-0.05, 0) is 47.4 Å². The summed E-state index contributed by atoms with van der Waals surface area (Å²) in [6, 6.07) is 6.49. The topological polar surface area (TPSA) is 39.1 Å². The van der Waals surface area contributed by atoms with Crippen molar-refractivity contribution in [2.24, 2.45) is 0 Å². The Hall–Kier alpha value is -1.33. The minimum absolute atomic E-state index is 0.390. The lowest BCUT2D eigenvalue weighted by Crippen LogP contribution is -2.28. The van der Waals surface area contributed by atoms with Crippen molar-refractivity contribution < 1.29 is 4.74 Å². The van der Waals surface area contributed by atoms with Crippen molar-refractivity contribution in [1.82, 2.24) is 14.9 Å². The molecule has 1 aromatic heterocycles. The number of nitrogens with one attached hydrogen (secondary N) is 1. The Morgan fingerprint density at radius 2 is 2.30 bits per heavy atom. The molecule has 1 N–H and O–H groups in total. The second-order valence-corrected chi connectivity index (χ2v) is 5.86. The molecule has 20 heavy (non-hydrogen) atoms. The fourth-order valence-electron chi connectivity index (χ4n) is 2.68. The Labute approximate surface area is 127 Å². The van der Waals surface area contributed by atoms with E-state index in [2.05, 4.69) is 36.9 Å². The minimum Gasteiger partial charge on any atom is -0.495 e. The van der Waals surface area contributed by atoms with Crippen LogP contribution >= 0.6 is 15.9 Å². The number of hydrogen-bond acceptors (Lipinski definition) is 3. The molecule has 1 aromatic carbocycles. The molecule has 5 heteroatoms. The van der Waals surface area contributed by atoms with Crippen LogP contribution in [0.1, 0.15) is 31.0 Å². The number of nitrogens with zero attached hydrogens (tertiary/aromatic N) is 2. The molecule has 1 saturated heterocycles. The molecule has 1 fully saturated rings. The van der Waals surface area contributed by atoms with Gasteiger partial charge in [-0.2, -0.15) is 0 Å². The molecule has 4 nitrogen and oxygen atoms in total. The fourth-order valence-corrected chi connectivity index (χ4v) is 3.09. The highest BCUT2D eigenvalue weighted by molar-refractivity contribution is 9.10. The van der Waals surface area contributed by atoms with Crippen LogP contribution in [0.25, 0.3) is 5.69 Å². The highest BCUT2D eigenvalue weighted by atomic mass is 79.9. The molecule has 0 aliphatic carbocycles. The number of aromatic nitrogens is 2. The van der Waals surface area contributed by atoms with E-state index in [-0.39, 0.29) is 0 Å². The quantitative estimate of drug-likeness (QED) is 0.933. The third kappa shape index (κ3) is 2.60. The van der Waals surface area contributed by atoms with Crippen LogP contribution < -0.4 is 10.1 Å². The van der Waals surface area contributed by atoms with Gasteiger partial charge in [0.1, 0.15) is 5.75 Å². The standard InChI is InChI=1S/C15H18BrN3O/c1-20-15-8-11(5-6-12(15)16)19-10-17-9-14(19)13-4-2-3-7-18-13/h5-6,8-10,13,18H,2-4,7H2,1H3. The lowest BCUT2D eigenvalue weighted by atomic mass is 10.0. The summed E-state index contributed by atoms with van der Waals surface area (Å²) in [6.45, 7) is 1.08. The number of piperidine rings is 1. The molecule has 106 valence electrons. The summed E-state index contributed by atoms with van der Waals surface area (Å²) in [7, 11) is 1.68. The molecule has 0 spiro atoms. The molecule has 3 rings (SSSR count). The van der Waals surface area contributed by atoms with Crippen molar-refractivity contribution in [3.8, 4) is 11.4 Å². The van der Waals surface area contributed by atoms with Gasteiger partial charge < -0.3 is 14.6 Å². The molecule has 2 aromatic rings. The van der Waals surface area contributed by atoms with Crippen molar-refractivity contribution in [1.29, 1.82) is 0 Å². The van der Waals surface area contributed by atoms with Crippen molar-refractivity contribution in [3.05, 3.63) is 40.9 Å². The van der Waals surface area contributed by atoms with Gasteiger partial charge in [-0.1, -0.05) is 6.42 Å². The van der Waals surface area contributed by atoms with Gasteiger partial charge in [0.05, 0.1) is 35.5 Å². The van der Waals surface area contributed by atoms with E-state index >= 15 is 0 Å². The largest absolute Gasteiger partial charge is 0.495 e. The second kappa shape index (κ2) is 5.97. The average molecular weight is 336 g/mol. The van der Waals surface area contributed by atoms with Crippen LogP contribution in [0.2, 0.25) is 0 Å². The zero-order valence-electron chi connectivity index (χ0n) is 11.5. The van der Waals surface area contributed by atoms with Gasteiger partial charge >= 0.3 is 0 Å². The second-order valence-electron chi connectivity index (χ2n) is 5.01. The predicted octanol–water partition coefficient (Wildman–Crippen LogP) is 3.46. The summed E-state index contributed by atoms with van der Waals surface area (Å²) in [4.78, 5) is 4.32. The Balaban J connectivity index is 1.96. The maximum absolute atomic E-state index is 5.37. The van der Waals surface area contributed by atoms with Crippen LogP contribution in [0, 0.1) is 0 Å². The summed E-state index contributed by atoms with van der Waals surface area (Å²) < 4.78 is 8.47. The van der Waals surface area contributed by atoms with Crippen LogP contribution in [0.5, 0.6) is 5.75 Å². The molecule has 0 bridgehead atoms. The monoisotopic (exact) mass is 335 g/mol. The first-order valence-corrected chi connectivity index (χ1v) is 7.68. The van der Waals surface area contributed by atoms with E-state index in [0.717, 1.165) is 22.5 Å². The summed E-state index contributed by atoms with van der Waals surface area (Å²) in [6.07, 6.45) is 7.52. The van der Waals surface area contributed by atoms with Crippen LogP contribution in [-0.2, 0) is 0 Å². The van der Waals surface area contributed by atoms with Crippen LogP contribution in [-0.4, -0.2) is 23.2 Å². The third-order valence-electron chi connectivity index (χ3n) is 3.75. The lowest BCUT2D eigenvalue weighted by Gasteiger charge is -2.24. The molecule has 1 aliphatic heterocycles. The van der Waals surface area contributed by atoms with Gasteiger partial charge in [0.15, 0.2) is 0 Å². The minimum atomic E-state index is 0.390. The summed E-state index contributed by atoms with van der Waals surface area (Å²) in [5, 5.41) is 3.57. The SMILES string of the molecule is COc1cc(-n2cncc2C2CCCCN2)ccc1Br. The summed E-state index contributed by atoms with van der Waals surface area (Å²) in [5.74, 6) is 0.832. The Kier molecular flexibility index (Phi) is 4.08. The van der Waals surface area contributed by atoms with E-state index < -0.39 is 0 Å². The van der Waals surface area contributed by atoms with E-state index in [1.54, 1.807) is 7.11 Å². The van der Waals surface area contributed by atoms with Crippen molar-refractivity contribution in [2.75, 3.05) is 13.7 Å². The highest BCUT2D eigenvalue weighted by Crippen LogP contribution is 2.30. The first kappa shape index (κ1) is 13.6. The van der Waals surface area contributed by atoms with Gasteiger partial charge in [-0.15, -0.1) is 0 Å². The number of benzene rings is 1.